The molecule has 1 unspecified atom stereocenters. The molecule has 0 aliphatic carbocycles. The Balaban J connectivity index is 2.21. The average Bonchev–Trinajstić information content (AvgIpc) is 2.70. The molecule has 0 amide bonds. The molecule has 0 aliphatic heterocycles. The zero-order valence-corrected chi connectivity index (χ0v) is 13.8. The van der Waals surface area contributed by atoms with Gasteiger partial charge in [-0.05, 0) is 67.9 Å². The van der Waals surface area contributed by atoms with Crippen LogP contribution in [-0.4, -0.2) is 0 Å². The van der Waals surface area contributed by atoms with E-state index in [0.717, 1.165) is 19.0 Å². The Labute approximate surface area is 126 Å². The van der Waals surface area contributed by atoms with E-state index in [-0.39, 0.29) is 6.04 Å². The first-order valence-electron chi connectivity index (χ1n) is 5.02. The third kappa shape index (κ3) is 3.25. The minimum Gasteiger partial charge on any atom is -0.377 e. The highest BCUT2D eigenvalue weighted by molar-refractivity contribution is 9.11. The molecule has 1 heterocycles. The summed E-state index contributed by atoms with van der Waals surface area (Å²) in [6.07, 6.45) is 0. The van der Waals surface area contributed by atoms with E-state index in [1.807, 2.05) is 24.3 Å². The van der Waals surface area contributed by atoms with Crippen LogP contribution in [0.2, 0.25) is 4.34 Å². The Kier molecular flexibility index (Phi) is 4.53. The summed E-state index contributed by atoms with van der Waals surface area (Å²) in [6.45, 7) is 2.12. The molecule has 0 fully saturated rings. The number of benzene rings is 1. The van der Waals surface area contributed by atoms with Crippen molar-refractivity contribution < 1.29 is 0 Å². The van der Waals surface area contributed by atoms with Crippen LogP contribution in [0.1, 0.15) is 18.5 Å². The Bertz CT molecular complexity index is 507. The van der Waals surface area contributed by atoms with Crippen LogP contribution in [0.4, 0.5) is 5.69 Å². The largest absolute Gasteiger partial charge is 0.377 e. The molecule has 1 atom stereocenters. The van der Waals surface area contributed by atoms with E-state index in [4.69, 9.17) is 11.6 Å². The Hall–Kier alpha value is -0.0300. The zero-order valence-electron chi connectivity index (χ0n) is 9.01. The molecule has 17 heavy (non-hydrogen) atoms. The van der Waals surface area contributed by atoms with Crippen molar-refractivity contribution in [2.45, 2.75) is 13.0 Å². The molecule has 0 saturated heterocycles. The number of halogens is 3. The molecule has 5 heteroatoms. The van der Waals surface area contributed by atoms with Crippen molar-refractivity contribution in [2.24, 2.45) is 0 Å². The lowest BCUT2D eigenvalue weighted by Gasteiger charge is -2.16. The van der Waals surface area contributed by atoms with Gasteiger partial charge in [0.25, 0.3) is 0 Å². The summed E-state index contributed by atoms with van der Waals surface area (Å²) in [5, 5.41) is 5.54. The average molecular weight is 396 g/mol. The highest BCUT2D eigenvalue weighted by atomic mass is 79.9. The van der Waals surface area contributed by atoms with Crippen molar-refractivity contribution in [2.75, 3.05) is 5.32 Å². The van der Waals surface area contributed by atoms with Crippen LogP contribution < -0.4 is 5.32 Å². The molecule has 2 rings (SSSR count). The molecule has 0 radical (unpaired) electrons. The lowest BCUT2D eigenvalue weighted by atomic mass is 10.1. The topological polar surface area (TPSA) is 12.0 Å². The lowest BCUT2D eigenvalue weighted by molar-refractivity contribution is 0.888. The molecular weight excluding hydrogens is 385 g/mol. The normalized spacial score (nSPS) is 12.5. The van der Waals surface area contributed by atoms with Crippen molar-refractivity contribution in [3.8, 4) is 0 Å². The fourth-order valence-electron chi connectivity index (χ4n) is 1.49. The molecular formula is C12H10Br2ClNS. The molecule has 1 aromatic heterocycles. The Morgan fingerprint density at radius 2 is 1.94 bits per heavy atom. The van der Waals surface area contributed by atoms with E-state index in [1.54, 1.807) is 11.3 Å². The van der Waals surface area contributed by atoms with Gasteiger partial charge < -0.3 is 5.32 Å². The Morgan fingerprint density at radius 3 is 2.47 bits per heavy atom. The first kappa shape index (κ1) is 13.4. The van der Waals surface area contributed by atoms with Crippen LogP contribution in [0.3, 0.4) is 0 Å². The van der Waals surface area contributed by atoms with Gasteiger partial charge in [-0.15, -0.1) is 11.3 Å². The first-order chi connectivity index (χ1) is 8.08. The highest BCUT2D eigenvalue weighted by Crippen LogP contribution is 2.34. The number of para-hydroxylation sites is 1. The quantitative estimate of drug-likeness (QED) is 0.662. The van der Waals surface area contributed by atoms with E-state index in [0.29, 0.717) is 0 Å². The lowest BCUT2D eigenvalue weighted by Crippen LogP contribution is -2.06. The van der Waals surface area contributed by atoms with E-state index in [9.17, 15) is 0 Å². The second-order valence-corrected chi connectivity index (χ2v) is 6.90. The van der Waals surface area contributed by atoms with E-state index in [2.05, 4.69) is 49.5 Å². The van der Waals surface area contributed by atoms with Gasteiger partial charge in [-0.25, -0.2) is 0 Å². The van der Waals surface area contributed by atoms with Gasteiger partial charge in [-0.2, -0.15) is 0 Å². The van der Waals surface area contributed by atoms with Crippen molar-refractivity contribution in [1.82, 2.24) is 0 Å². The van der Waals surface area contributed by atoms with Gasteiger partial charge in [0.2, 0.25) is 0 Å². The summed E-state index contributed by atoms with van der Waals surface area (Å²) < 4.78 is 2.90. The standard InChI is InChI=1S/C12H10Br2ClNS/c1-7(8-5-11(15)17-6-8)16-12-9(13)3-2-4-10(12)14/h2-7,16H,1H3. The van der Waals surface area contributed by atoms with E-state index < -0.39 is 0 Å². The monoisotopic (exact) mass is 393 g/mol. The van der Waals surface area contributed by atoms with Gasteiger partial charge >= 0.3 is 0 Å². The number of hydrogen-bond acceptors (Lipinski definition) is 2. The van der Waals surface area contributed by atoms with Crippen molar-refractivity contribution in [3.05, 3.63) is 48.5 Å². The second-order valence-electron chi connectivity index (χ2n) is 3.65. The summed E-state index contributed by atoms with van der Waals surface area (Å²) in [4.78, 5) is 0. The van der Waals surface area contributed by atoms with Gasteiger partial charge in [0.15, 0.2) is 0 Å². The molecule has 0 saturated carbocycles. The number of hydrogen-bond donors (Lipinski definition) is 1. The molecule has 0 spiro atoms. The second kappa shape index (κ2) is 5.74. The number of thiophene rings is 1. The first-order valence-corrected chi connectivity index (χ1v) is 7.87. The van der Waals surface area contributed by atoms with Crippen molar-refractivity contribution in [3.63, 3.8) is 0 Å². The predicted octanol–water partition coefficient (Wildman–Crippen LogP) is 6.10. The van der Waals surface area contributed by atoms with Gasteiger partial charge in [0.05, 0.1) is 10.0 Å². The van der Waals surface area contributed by atoms with Gasteiger partial charge in [0, 0.05) is 15.0 Å². The third-order valence-corrected chi connectivity index (χ3v) is 4.84. The maximum atomic E-state index is 5.94. The van der Waals surface area contributed by atoms with Crippen LogP contribution in [0, 0.1) is 0 Å². The molecule has 2 aromatic rings. The van der Waals surface area contributed by atoms with Crippen molar-refractivity contribution in [1.29, 1.82) is 0 Å². The van der Waals surface area contributed by atoms with Crippen molar-refractivity contribution >= 4 is 60.5 Å². The number of anilines is 1. The smallest absolute Gasteiger partial charge is 0.0931 e. The van der Waals surface area contributed by atoms with E-state index in [1.165, 1.54) is 5.56 Å². The maximum Gasteiger partial charge on any atom is 0.0931 e. The minimum atomic E-state index is 0.216. The van der Waals surface area contributed by atoms with Gasteiger partial charge in [-0.1, -0.05) is 17.7 Å². The highest BCUT2D eigenvalue weighted by Gasteiger charge is 2.11. The summed E-state index contributed by atoms with van der Waals surface area (Å²) in [5.74, 6) is 0. The van der Waals surface area contributed by atoms with E-state index >= 15 is 0 Å². The zero-order chi connectivity index (χ0) is 12.4. The fourth-order valence-corrected chi connectivity index (χ4v) is 3.70. The van der Waals surface area contributed by atoms with Crippen LogP contribution in [0.15, 0.2) is 38.6 Å². The molecule has 1 aromatic carbocycles. The number of nitrogens with one attached hydrogen (secondary N) is 1. The molecule has 90 valence electrons. The van der Waals surface area contributed by atoms with Crippen LogP contribution >= 0.6 is 54.8 Å². The summed E-state index contributed by atoms with van der Waals surface area (Å²) in [7, 11) is 0. The van der Waals surface area contributed by atoms with Crippen LogP contribution in [0.5, 0.6) is 0 Å². The molecule has 0 aliphatic rings. The Morgan fingerprint density at radius 1 is 1.29 bits per heavy atom. The van der Waals surface area contributed by atoms with Gasteiger partial charge in [0.1, 0.15) is 0 Å². The maximum absolute atomic E-state index is 5.94. The summed E-state index contributed by atoms with van der Waals surface area (Å²) >= 11 is 14.6. The third-order valence-electron chi connectivity index (χ3n) is 2.41. The SMILES string of the molecule is CC(Nc1c(Br)cccc1Br)c1csc(Cl)c1. The molecule has 1 nitrogen and oxygen atoms in total. The summed E-state index contributed by atoms with van der Waals surface area (Å²) in [5.41, 5.74) is 2.25. The fraction of sp³-hybridized carbons (Fsp3) is 0.167. The summed E-state index contributed by atoms with van der Waals surface area (Å²) in [6, 6.07) is 8.23. The molecule has 0 bridgehead atoms. The van der Waals surface area contributed by atoms with Crippen LogP contribution in [-0.2, 0) is 0 Å². The van der Waals surface area contributed by atoms with Crippen LogP contribution in [0.25, 0.3) is 0 Å². The number of rotatable bonds is 3. The van der Waals surface area contributed by atoms with Gasteiger partial charge in [-0.3, -0.25) is 0 Å². The minimum absolute atomic E-state index is 0.216. The predicted molar refractivity (Wildman–Crippen MR) is 83.2 cm³/mol. The molecule has 1 N–H and O–H groups in total.